The maximum Gasteiger partial charge on any atom is 0.247 e. The van der Waals surface area contributed by atoms with E-state index in [0.717, 1.165) is 0 Å². The van der Waals surface area contributed by atoms with Crippen molar-refractivity contribution in [2.45, 2.75) is 22.5 Å². The highest BCUT2D eigenvalue weighted by Gasteiger charge is 2.61. The Morgan fingerprint density at radius 3 is 2.43 bits per heavy atom. The molecule has 3 rings (SSSR count). The quantitative estimate of drug-likeness (QED) is 0.922. The van der Waals surface area contributed by atoms with Crippen LogP contribution in [0.4, 0.5) is 5.82 Å². The molecule has 21 heavy (non-hydrogen) atoms. The summed E-state index contributed by atoms with van der Waals surface area (Å²) in [5, 5.41) is 2.55. The van der Waals surface area contributed by atoms with Gasteiger partial charge in [0, 0.05) is 6.20 Å². The lowest BCUT2D eigenvalue weighted by Crippen LogP contribution is -2.37. The Balaban J connectivity index is 1.89. The second-order valence-corrected chi connectivity index (χ2v) is 7.12. The molecule has 108 valence electrons. The molecule has 1 aromatic carbocycles. The Morgan fingerprint density at radius 1 is 1.14 bits per heavy atom. The molecular formula is C14H13N3O3S. The Hall–Kier alpha value is -2.28. The van der Waals surface area contributed by atoms with E-state index in [2.05, 4.69) is 15.3 Å². The first-order valence-electron chi connectivity index (χ1n) is 6.43. The van der Waals surface area contributed by atoms with Gasteiger partial charge in [0.05, 0.1) is 4.90 Å². The molecule has 0 spiro atoms. The van der Waals surface area contributed by atoms with Crippen molar-refractivity contribution in [2.24, 2.45) is 0 Å². The van der Waals surface area contributed by atoms with Crippen molar-refractivity contribution < 1.29 is 13.2 Å². The first-order chi connectivity index (χ1) is 10.1. The van der Waals surface area contributed by atoms with Gasteiger partial charge in [0.25, 0.3) is 0 Å². The first kappa shape index (κ1) is 13.7. The number of nitrogens with one attached hydrogen (secondary N) is 1. The van der Waals surface area contributed by atoms with Crippen LogP contribution in [-0.2, 0) is 14.6 Å². The molecule has 0 aliphatic heterocycles. The van der Waals surface area contributed by atoms with Crippen LogP contribution in [0, 0.1) is 0 Å². The van der Waals surface area contributed by atoms with Gasteiger partial charge in [-0.15, -0.1) is 0 Å². The summed E-state index contributed by atoms with van der Waals surface area (Å²) in [6, 6.07) is 9.56. The highest BCUT2D eigenvalue weighted by molar-refractivity contribution is 7.94. The minimum atomic E-state index is -3.70. The molecule has 0 unspecified atom stereocenters. The maximum absolute atomic E-state index is 12.7. The number of carbonyl (C=O) groups is 1. The summed E-state index contributed by atoms with van der Waals surface area (Å²) in [5.74, 6) is -0.241. The van der Waals surface area contributed by atoms with Gasteiger partial charge in [-0.05, 0) is 31.0 Å². The van der Waals surface area contributed by atoms with Gasteiger partial charge in [-0.1, -0.05) is 18.2 Å². The van der Waals surface area contributed by atoms with E-state index in [1.54, 1.807) is 18.2 Å². The number of amides is 1. The lowest BCUT2D eigenvalue weighted by atomic mass is 10.3. The minimum absolute atomic E-state index is 0.167. The number of hydrogen-bond acceptors (Lipinski definition) is 5. The van der Waals surface area contributed by atoms with Crippen molar-refractivity contribution in [3.63, 3.8) is 0 Å². The molecule has 1 aliphatic carbocycles. The first-order valence-corrected chi connectivity index (χ1v) is 7.92. The van der Waals surface area contributed by atoms with Crippen molar-refractivity contribution in [3.8, 4) is 0 Å². The topological polar surface area (TPSA) is 89.0 Å². The Bertz CT molecular complexity index is 757. The Labute approximate surface area is 122 Å². The van der Waals surface area contributed by atoms with E-state index in [-0.39, 0.29) is 4.90 Å². The van der Waals surface area contributed by atoms with Crippen LogP contribution in [0.15, 0.2) is 53.8 Å². The number of aromatic nitrogens is 2. The number of sulfone groups is 1. The van der Waals surface area contributed by atoms with Crippen molar-refractivity contribution in [1.29, 1.82) is 0 Å². The van der Waals surface area contributed by atoms with Gasteiger partial charge >= 0.3 is 0 Å². The molecular weight excluding hydrogens is 290 g/mol. The SMILES string of the molecule is O=C(Nc1ccncn1)C1(S(=O)(=O)c2ccccc2)CC1. The van der Waals surface area contributed by atoms with E-state index in [0.29, 0.717) is 18.7 Å². The highest BCUT2D eigenvalue weighted by atomic mass is 32.2. The molecule has 1 N–H and O–H groups in total. The smallest absolute Gasteiger partial charge is 0.247 e. The largest absolute Gasteiger partial charge is 0.309 e. The number of nitrogens with zero attached hydrogens (tertiary/aromatic N) is 2. The summed E-state index contributed by atoms with van der Waals surface area (Å²) in [5.41, 5.74) is 0. The molecule has 1 amide bonds. The number of anilines is 1. The van der Waals surface area contributed by atoms with Crippen LogP contribution in [0.1, 0.15) is 12.8 Å². The van der Waals surface area contributed by atoms with Crippen molar-refractivity contribution in [3.05, 3.63) is 48.9 Å². The number of hydrogen-bond donors (Lipinski definition) is 1. The zero-order valence-corrected chi connectivity index (χ0v) is 11.9. The third-order valence-corrected chi connectivity index (χ3v) is 6.02. The van der Waals surface area contributed by atoms with E-state index >= 15 is 0 Å². The van der Waals surface area contributed by atoms with Gasteiger partial charge in [0.2, 0.25) is 5.91 Å². The predicted molar refractivity (Wildman–Crippen MR) is 76.3 cm³/mol. The van der Waals surface area contributed by atoms with E-state index in [1.807, 2.05) is 0 Å². The van der Waals surface area contributed by atoms with Crippen molar-refractivity contribution in [2.75, 3.05) is 5.32 Å². The minimum Gasteiger partial charge on any atom is -0.309 e. The molecule has 1 heterocycles. The summed E-state index contributed by atoms with van der Waals surface area (Å²) in [7, 11) is -3.70. The zero-order chi connectivity index (χ0) is 14.9. The highest BCUT2D eigenvalue weighted by Crippen LogP contribution is 2.47. The van der Waals surface area contributed by atoms with Crippen LogP contribution in [0.2, 0.25) is 0 Å². The molecule has 7 heteroatoms. The third-order valence-electron chi connectivity index (χ3n) is 3.51. The van der Waals surface area contributed by atoms with Crippen LogP contribution in [0.25, 0.3) is 0 Å². The molecule has 0 radical (unpaired) electrons. The van der Waals surface area contributed by atoms with Crippen LogP contribution < -0.4 is 5.32 Å². The average molecular weight is 303 g/mol. The van der Waals surface area contributed by atoms with E-state index < -0.39 is 20.5 Å². The Kier molecular flexibility index (Phi) is 3.21. The fraction of sp³-hybridized carbons (Fsp3) is 0.214. The standard InChI is InChI=1S/C14H13N3O3S/c18-13(17-12-6-9-15-10-16-12)14(7-8-14)21(19,20)11-4-2-1-3-5-11/h1-6,9-10H,7-8H2,(H,15,16,17,18). The average Bonchev–Trinajstić information content (AvgIpc) is 3.31. The summed E-state index contributed by atoms with van der Waals surface area (Å²) in [6.07, 6.45) is 3.41. The second-order valence-electron chi connectivity index (χ2n) is 4.86. The summed E-state index contributed by atoms with van der Waals surface area (Å²) in [4.78, 5) is 20.2. The van der Waals surface area contributed by atoms with Gasteiger partial charge in [0.15, 0.2) is 14.6 Å². The molecule has 0 atom stereocenters. The van der Waals surface area contributed by atoms with E-state index in [4.69, 9.17) is 0 Å². The number of carbonyl (C=O) groups excluding carboxylic acids is 1. The van der Waals surface area contributed by atoms with Gasteiger partial charge < -0.3 is 5.32 Å². The van der Waals surface area contributed by atoms with Gasteiger partial charge in [-0.2, -0.15) is 0 Å². The fourth-order valence-electron chi connectivity index (χ4n) is 2.15. The fourth-order valence-corrected chi connectivity index (χ4v) is 4.05. The third kappa shape index (κ3) is 2.29. The van der Waals surface area contributed by atoms with Crippen LogP contribution >= 0.6 is 0 Å². The monoisotopic (exact) mass is 303 g/mol. The molecule has 2 aromatic rings. The molecule has 0 bridgehead atoms. The van der Waals surface area contributed by atoms with Gasteiger partial charge in [-0.25, -0.2) is 18.4 Å². The van der Waals surface area contributed by atoms with E-state index in [1.165, 1.54) is 30.7 Å². The predicted octanol–water partition coefficient (Wildman–Crippen LogP) is 1.42. The van der Waals surface area contributed by atoms with Crippen LogP contribution in [-0.4, -0.2) is 29.0 Å². The second kappa shape index (κ2) is 4.92. The molecule has 1 aliphatic rings. The summed E-state index contributed by atoms with van der Waals surface area (Å²) < 4.78 is 23.9. The summed E-state index contributed by atoms with van der Waals surface area (Å²) >= 11 is 0. The summed E-state index contributed by atoms with van der Waals surface area (Å²) in [6.45, 7) is 0. The Morgan fingerprint density at radius 2 is 1.86 bits per heavy atom. The molecule has 6 nitrogen and oxygen atoms in total. The van der Waals surface area contributed by atoms with E-state index in [9.17, 15) is 13.2 Å². The molecule has 1 aromatic heterocycles. The van der Waals surface area contributed by atoms with Crippen molar-refractivity contribution >= 4 is 21.6 Å². The normalized spacial score (nSPS) is 16.2. The lowest BCUT2D eigenvalue weighted by Gasteiger charge is -2.15. The van der Waals surface area contributed by atoms with Crippen LogP contribution in [0.5, 0.6) is 0 Å². The van der Waals surface area contributed by atoms with Crippen LogP contribution in [0.3, 0.4) is 0 Å². The van der Waals surface area contributed by atoms with Gasteiger partial charge in [-0.3, -0.25) is 4.79 Å². The number of rotatable bonds is 4. The van der Waals surface area contributed by atoms with Gasteiger partial charge in [0.1, 0.15) is 12.1 Å². The lowest BCUT2D eigenvalue weighted by molar-refractivity contribution is -0.116. The molecule has 1 saturated carbocycles. The zero-order valence-electron chi connectivity index (χ0n) is 11.1. The van der Waals surface area contributed by atoms with Crippen molar-refractivity contribution in [1.82, 2.24) is 9.97 Å². The maximum atomic E-state index is 12.7. The molecule has 1 fully saturated rings. The molecule has 0 saturated heterocycles. The number of benzene rings is 1.